The molecule has 1 heterocycles. The van der Waals surface area contributed by atoms with E-state index in [0.717, 1.165) is 11.1 Å². The third-order valence-electron chi connectivity index (χ3n) is 5.08. The third kappa shape index (κ3) is 3.93. The van der Waals surface area contributed by atoms with E-state index in [0.29, 0.717) is 4.31 Å². The van der Waals surface area contributed by atoms with E-state index in [2.05, 4.69) is 5.32 Å². The molecule has 2 aromatic carbocycles. The maximum absolute atomic E-state index is 13.1. The molecule has 3 amide bonds. The minimum Gasteiger partial charge on any atom is -0.357 e. The number of benzene rings is 2. The molecule has 0 unspecified atom stereocenters. The largest absolute Gasteiger partial charge is 0.357 e. The summed E-state index contributed by atoms with van der Waals surface area (Å²) in [5, 5.41) is 2.50. The van der Waals surface area contributed by atoms with Gasteiger partial charge in [0.1, 0.15) is 17.5 Å². The third-order valence-corrected chi connectivity index (χ3v) is 6.87. The molecule has 0 bridgehead atoms. The van der Waals surface area contributed by atoms with Crippen LogP contribution in [-0.4, -0.2) is 55.0 Å². The number of rotatable bonds is 6. The first-order valence-corrected chi connectivity index (χ1v) is 10.8. The van der Waals surface area contributed by atoms with Gasteiger partial charge in [0, 0.05) is 13.6 Å². The topological polar surface area (TPSA) is 104 Å². The second-order valence-corrected chi connectivity index (χ2v) is 8.94. The molecule has 30 heavy (non-hydrogen) atoms. The van der Waals surface area contributed by atoms with E-state index < -0.39 is 40.3 Å². The van der Waals surface area contributed by atoms with E-state index >= 15 is 0 Å². The maximum atomic E-state index is 13.1. The molecule has 1 aliphatic rings. The standard InChI is InChI=1S/C21H23N3O5S/c1-14-8-10-16(11-9-14)12-23(15(2)20(26)22-3)19(25)13-24-21(27)17-6-4-5-7-18(17)30(24,28)29/h4-11,15H,12-13H2,1-3H3,(H,22,26)/t15-/m0/s1. The number of amides is 3. The van der Waals surface area contributed by atoms with Crippen molar-refractivity contribution in [1.82, 2.24) is 14.5 Å². The molecule has 1 aliphatic heterocycles. The molecule has 0 aliphatic carbocycles. The Labute approximate surface area is 175 Å². The van der Waals surface area contributed by atoms with Crippen LogP contribution in [0.1, 0.15) is 28.4 Å². The Hall–Kier alpha value is -3.20. The highest BCUT2D eigenvalue weighted by atomic mass is 32.2. The molecular formula is C21H23N3O5S. The molecular weight excluding hydrogens is 406 g/mol. The minimum absolute atomic E-state index is 0.0368. The van der Waals surface area contributed by atoms with Crippen molar-refractivity contribution in [2.75, 3.05) is 13.6 Å². The quantitative estimate of drug-likeness (QED) is 0.746. The molecule has 158 valence electrons. The predicted octanol–water partition coefficient (Wildman–Crippen LogP) is 1.30. The Morgan fingerprint density at radius 1 is 1.10 bits per heavy atom. The second-order valence-electron chi connectivity index (χ2n) is 7.11. The molecule has 2 aromatic rings. The van der Waals surface area contributed by atoms with Gasteiger partial charge in [0.25, 0.3) is 15.9 Å². The second kappa shape index (κ2) is 8.27. The molecule has 0 radical (unpaired) electrons. The first-order valence-electron chi connectivity index (χ1n) is 9.39. The first kappa shape index (κ1) is 21.5. The minimum atomic E-state index is -4.12. The van der Waals surface area contributed by atoms with Gasteiger partial charge >= 0.3 is 0 Å². The molecule has 1 N–H and O–H groups in total. The van der Waals surface area contributed by atoms with Crippen molar-refractivity contribution in [2.24, 2.45) is 0 Å². The lowest BCUT2D eigenvalue weighted by Gasteiger charge is -2.29. The van der Waals surface area contributed by atoms with Gasteiger partial charge in [0.2, 0.25) is 11.8 Å². The summed E-state index contributed by atoms with van der Waals surface area (Å²) in [5.74, 6) is -1.78. The van der Waals surface area contributed by atoms with Gasteiger partial charge in [0.05, 0.1) is 5.56 Å². The van der Waals surface area contributed by atoms with E-state index in [1.165, 1.54) is 30.1 Å². The van der Waals surface area contributed by atoms with Crippen molar-refractivity contribution in [1.29, 1.82) is 0 Å². The van der Waals surface area contributed by atoms with Gasteiger partial charge in [0.15, 0.2) is 0 Å². The molecule has 1 atom stereocenters. The number of aryl methyl sites for hydroxylation is 1. The Morgan fingerprint density at radius 2 is 1.73 bits per heavy atom. The van der Waals surface area contributed by atoms with Gasteiger partial charge in [-0.3, -0.25) is 14.4 Å². The summed E-state index contributed by atoms with van der Waals surface area (Å²) in [5.41, 5.74) is 1.86. The van der Waals surface area contributed by atoms with Crippen molar-refractivity contribution in [3.05, 3.63) is 65.2 Å². The average molecular weight is 429 g/mol. The number of sulfonamides is 1. The lowest BCUT2D eigenvalue weighted by molar-refractivity contribution is -0.140. The van der Waals surface area contributed by atoms with E-state index in [1.54, 1.807) is 13.0 Å². The lowest BCUT2D eigenvalue weighted by Crippen LogP contribution is -2.50. The Kier molecular flexibility index (Phi) is 5.93. The van der Waals surface area contributed by atoms with E-state index in [9.17, 15) is 22.8 Å². The summed E-state index contributed by atoms with van der Waals surface area (Å²) in [6.45, 7) is 2.91. The molecule has 0 saturated carbocycles. The number of likely N-dealkylation sites (N-methyl/N-ethyl adjacent to an activating group) is 1. The molecule has 0 fully saturated rings. The van der Waals surface area contributed by atoms with Crippen LogP contribution in [0.4, 0.5) is 0 Å². The SMILES string of the molecule is CNC(=O)[C@H](C)N(Cc1ccc(C)cc1)C(=O)CN1C(=O)c2ccccc2S1(=O)=O. The number of nitrogens with one attached hydrogen (secondary N) is 1. The maximum Gasteiger partial charge on any atom is 0.269 e. The zero-order valence-corrected chi connectivity index (χ0v) is 17.8. The van der Waals surface area contributed by atoms with Crippen LogP contribution in [0.25, 0.3) is 0 Å². The molecule has 9 heteroatoms. The normalized spacial score (nSPS) is 15.4. The molecule has 8 nitrogen and oxygen atoms in total. The molecule has 0 saturated heterocycles. The molecule has 0 spiro atoms. The van der Waals surface area contributed by atoms with Gasteiger partial charge in [-0.2, -0.15) is 0 Å². The van der Waals surface area contributed by atoms with Gasteiger partial charge in [-0.05, 0) is 31.5 Å². The fraction of sp³-hybridized carbons (Fsp3) is 0.286. The highest BCUT2D eigenvalue weighted by Crippen LogP contribution is 2.30. The number of fused-ring (bicyclic) bond motifs is 1. The molecule has 0 aromatic heterocycles. The smallest absolute Gasteiger partial charge is 0.269 e. The fourth-order valence-electron chi connectivity index (χ4n) is 3.28. The van der Waals surface area contributed by atoms with Gasteiger partial charge in [-0.15, -0.1) is 0 Å². The predicted molar refractivity (Wildman–Crippen MR) is 110 cm³/mol. The fourth-order valence-corrected chi connectivity index (χ4v) is 4.80. The average Bonchev–Trinajstić information content (AvgIpc) is 2.93. The van der Waals surface area contributed by atoms with Crippen molar-refractivity contribution < 1.29 is 22.8 Å². The number of hydrogen-bond donors (Lipinski definition) is 1. The number of carbonyl (C=O) groups is 3. The summed E-state index contributed by atoms with van der Waals surface area (Å²) >= 11 is 0. The van der Waals surface area contributed by atoms with Gasteiger partial charge < -0.3 is 10.2 Å². The van der Waals surface area contributed by atoms with Crippen molar-refractivity contribution in [2.45, 2.75) is 31.3 Å². The van der Waals surface area contributed by atoms with Crippen LogP contribution in [0, 0.1) is 6.92 Å². The van der Waals surface area contributed by atoms with E-state index in [4.69, 9.17) is 0 Å². The highest BCUT2D eigenvalue weighted by Gasteiger charge is 2.43. The van der Waals surface area contributed by atoms with Crippen molar-refractivity contribution in [3.8, 4) is 0 Å². The van der Waals surface area contributed by atoms with Crippen LogP contribution in [0.15, 0.2) is 53.4 Å². The van der Waals surface area contributed by atoms with Crippen LogP contribution >= 0.6 is 0 Å². The van der Waals surface area contributed by atoms with Crippen LogP contribution in [0.3, 0.4) is 0 Å². The monoisotopic (exact) mass is 429 g/mol. The van der Waals surface area contributed by atoms with E-state index in [-0.39, 0.29) is 17.0 Å². The summed E-state index contributed by atoms with van der Waals surface area (Å²) in [4.78, 5) is 39.1. The Morgan fingerprint density at radius 3 is 2.33 bits per heavy atom. The first-order chi connectivity index (χ1) is 14.2. The lowest BCUT2D eigenvalue weighted by atomic mass is 10.1. The van der Waals surface area contributed by atoms with Crippen LogP contribution in [-0.2, 0) is 26.2 Å². The molecule has 3 rings (SSSR count). The van der Waals surface area contributed by atoms with E-state index in [1.807, 2.05) is 31.2 Å². The van der Waals surface area contributed by atoms with Gasteiger partial charge in [-0.25, -0.2) is 12.7 Å². The Balaban J connectivity index is 1.89. The summed E-state index contributed by atoms with van der Waals surface area (Å²) in [6, 6.07) is 12.4. The summed E-state index contributed by atoms with van der Waals surface area (Å²) < 4.78 is 26.1. The summed E-state index contributed by atoms with van der Waals surface area (Å²) in [6.07, 6.45) is 0. The van der Waals surface area contributed by atoms with Crippen molar-refractivity contribution in [3.63, 3.8) is 0 Å². The van der Waals surface area contributed by atoms with Crippen LogP contribution < -0.4 is 5.32 Å². The van der Waals surface area contributed by atoms with Crippen LogP contribution in [0.5, 0.6) is 0 Å². The highest BCUT2D eigenvalue weighted by molar-refractivity contribution is 7.90. The van der Waals surface area contributed by atoms with Gasteiger partial charge in [-0.1, -0.05) is 42.0 Å². The van der Waals surface area contributed by atoms with Crippen LogP contribution in [0.2, 0.25) is 0 Å². The number of nitrogens with zero attached hydrogens (tertiary/aromatic N) is 2. The zero-order chi connectivity index (χ0) is 22.1. The number of carbonyl (C=O) groups excluding carboxylic acids is 3. The van der Waals surface area contributed by atoms with Crippen molar-refractivity contribution >= 4 is 27.7 Å². The summed E-state index contributed by atoms with van der Waals surface area (Å²) in [7, 11) is -2.66. The number of hydrogen-bond acceptors (Lipinski definition) is 5. The zero-order valence-electron chi connectivity index (χ0n) is 17.0. The Bertz CT molecular complexity index is 1100.